The number of sulfonamides is 1. The number of rotatable bonds is 8. The second kappa shape index (κ2) is 15.3. The minimum Gasteiger partial charge on any atom is -0.497 e. The first-order valence-electron chi connectivity index (χ1n) is 20.7. The topological polar surface area (TPSA) is 195 Å². The summed E-state index contributed by atoms with van der Waals surface area (Å²) in [7, 11) is -2.71. The summed E-state index contributed by atoms with van der Waals surface area (Å²) in [5.41, 5.74) is -2.13. The van der Waals surface area contributed by atoms with E-state index in [1.807, 2.05) is 11.6 Å². The third-order valence-corrected chi connectivity index (χ3v) is 15.5. The van der Waals surface area contributed by atoms with Gasteiger partial charge in [-0.05, 0) is 75.8 Å². The summed E-state index contributed by atoms with van der Waals surface area (Å²) in [6.45, 7) is 10.1. The van der Waals surface area contributed by atoms with Crippen molar-refractivity contribution in [2.75, 3.05) is 13.7 Å². The molecule has 0 radical (unpaired) electrons. The molecule has 3 aliphatic carbocycles. The molecule has 8 atom stereocenters. The van der Waals surface area contributed by atoms with Crippen molar-refractivity contribution in [3.8, 4) is 11.6 Å². The Morgan fingerprint density at radius 2 is 1.83 bits per heavy atom. The first-order valence-corrected chi connectivity index (χ1v) is 22.1. The van der Waals surface area contributed by atoms with Crippen LogP contribution in [0.15, 0.2) is 18.2 Å². The van der Waals surface area contributed by atoms with Crippen molar-refractivity contribution >= 4 is 44.9 Å². The molecule has 2 bridgehead atoms. The smallest absolute Gasteiger partial charge is 0.408 e. The Hall–Kier alpha value is -4.35. The summed E-state index contributed by atoms with van der Waals surface area (Å²) in [6, 6.07) is 2.68. The Kier molecular flexibility index (Phi) is 11.1. The fourth-order valence-electron chi connectivity index (χ4n) is 8.78. The summed E-state index contributed by atoms with van der Waals surface area (Å²) in [5, 5.41) is 5.28. The van der Waals surface area contributed by atoms with E-state index in [2.05, 4.69) is 10.6 Å². The molecule has 1 aromatic heterocycles. The van der Waals surface area contributed by atoms with Gasteiger partial charge in [-0.25, -0.2) is 32.0 Å². The molecule has 3 heterocycles. The minimum atomic E-state index is -4.24. The van der Waals surface area contributed by atoms with Crippen LogP contribution in [0.25, 0.3) is 11.0 Å². The van der Waals surface area contributed by atoms with Crippen LogP contribution >= 0.6 is 0 Å². The van der Waals surface area contributed by atoms with Crippen LogP contribution in [0.5, 0.6) is 11.6 Å². The molecule has 4 amide bonds. The second-order valence-corrected chi connectivity index (χ2v) is 20.7. The van der Waals surface area contributed by atoms with E-state index in [9.17, 15) is 36.4 Å². The average molecular weight is 847 g/mol. The summed E-state index contributed by atoms with van der Waals surface area (Å²) < 4.78 is 73.7. The molecule has 3 N–H and O–H groups in total. The Morgan fingerprint density at radius 3 is 2.46 bits per heavy atom. The molecule has 0 spiro atoms. The van der Waals surface area contributed by atoms with E-state index in [-0.39, 0.29) is 18.3 Å². The molecule has 18 heteroatoms. The number of hydrogen-bond donors (Lipinski definition) is 3. The molecule has 0 unspecified atom stereocenters. The van der Waals surface area contributed by atoms with Gasteiger partial charge in [-0.2, -0.15) is 0 Å². The van der Waals surface area contributed by atoms with Crippen molar-refractivity contribution in [3.63, 3.8) is 0 Å². The van der Waals surface area contributed by atoms with Gasteiger partial charge in [0.25, 0.3) is 5.91 Å². The third-order valence-electron chi connectivity index (χ3n) is 13.3. The Bertz CT molecular complexity index is 2130. The van der Waals surface area contributed by atoms with Gasteiger partial charge < -0.3 is 29.7 Å². The number of ether oxygens (including phenoxy) is 3. The van der Waals surface area contributed by atoms with Gasteiger partial charge in [0.05, 0.1) is 35.4 Å². The van der Waals surface area contributed by atoms with Crippen molar-refractivity contribution < 1.29 is 50.6 Å². The number of hydrogen-bond acceptors (Lipinski definition) is 11. The van der Waals surface area contributed by atoms with Crippen LogP contribution in [0.3, 0.4) is 0 Å². The van der Waals surface area contributed by atoms with Crippen LogP contribution in [0, 0.1) is 23.2 Å². The number of carbonyl (C=O) groups excluding carboxylic acids is 4. The molecule has 2 aliphatic heterocycles. The fourth-order valence-corrected chi connectivity index (χ4v) is 10.1. The first kappa shape index (κ1) is 42.8. The Morgan fingerprint density at radius 1 is 1.10 bits per heavy atom. The molecule has 3 saturated carbocycles. The monoisotopic (exact) mass is 846 g/mol. The number of halogens is 2. The molecular formula is C41H56F2N6O9S. The molecular weight excluding hydrogens is 791 g/mol. The van der Waals surface area contributed by atoms with Gasteiger partial charge in [-0.15, -0.1) is 0 Å². The zero-order valence-electron chi connectivity index (χ0n) is 34.7. The SMILES string of the molecule is CC[C@@]12C[C@H]1CCCCCc1nc3ccc(OC)cc3nc1O[C@H]1CN(C(=O)[C@H](C(C)(C)C)NC(=O)O2)[C@H](C(=O)N[C@]2(C(=O)NS(=O)(=O)C3(C)CC3)C[C@H]2C(F)F)[C@@H]1C. The number of nitrogens with one attached hydrogen (secondary N) is 3. The maximum atomic E-state index is 14.9. The highest BCUT2D eigenvalue weighted by atomic mass is 32.2. The van der Waals surface area contributed by atoms with E-state index in [0.717, 1.165) is 25.7 Å². The summed E-state index contributed by atoms with van der Waals surface area (Å²) in [6.07, 6.45) is 0.532. The number of methoxy groups -OCH3 is 1. The molecule has 15 nitrogen and oxygen atoms in total. The lowest BCUT2D eigenvalue weighted by atomic mass is 9.85. The maximum absolute atomic E-state index is 14.9. The Labute approximate surface area is 343 Å². The van der Waals surface area contributed by atoms with Gasteiger partial charge in [-0.3, -0.25) is 19.1 Å². The molecule has 1 saturated heterocycles. The van der Waals surface area contributed by atoms with Crippen molar-refractivity contribution in [3.05, 3.63) is 23.9 Å². The zero-order chi connectivity index (χ0) is 42.9. The van der Waals surface area contributed by atoms with Crippen LogP contribution in [0.4, 0.5) is 13.6 Å². The van der Waals surface area contributed by atoms with E-state index in [1.54, 1.807) is 45.9 Å². The highest BCUT2D eigenvalue weighted by Crippen LogP contribution is 2.53. The van der Waals surface area contributed by atoms with Gasteiger partial charge in [0.2, 0.25) is 34.1 Å². The van der Waals surface area contributed by atoms with E-state index in [4.69, 9.17) is 24.2 Å². The van der Waals surface area contributed by atoms with Gasteiger partial charge in [0.15, 0.2) is 0 Å². The molecule has 2 aromatic rings. The van der Waals surface area contributed by atoms with Crippen molar-refractivity contribution in [2.24, 2.45) is 23.2 Å². The highest BCUT2D eigenvalue weighted by Gasteiger charge is 2.68. The lowest BCUT2D eigenvalue weighted by Crippen LogP contribution is -2.61. The predicted molar refractivity (Wildman–Crippen MR) is 211 cm³/mol. The number of carbonyl (C=O) groups is 4. The maximum Gasteiger partial charge on any atom is 0.408 e. The number of amides is 4. The van der Waals surface area contributed by atoms with E-state index < -0.39 is 98.0 Å². The summed E-state index contributed by atoms with van der Waals surface area (Å²) in [4.78, 5) is 67.8. The van der Waals surface area contributed by atoms with Crippen molar-refractivity contribution in [1.29, 1.82) is 0 Å². The number of nitrogens with zero attached hydrogens (tertiary/aromatic N) is 3. The third kappa shape index (κ3) is 8.13. The molecule has 5 aliphatic rings. The highest BCUT2D eigenvalue weighted by molar-refractivity contribution is 7.91. The molecule has 7 rings (SSSR count). The normalized spacial score (nSPS) is 32.0. The number of aryl methyl sites for hydroxylation is 1. The fraction of sp³-hybridized carbons (Fsp3) is 0.707. The summed E-state index contributed by atoms with van der Waals surface area (Å²) in [5.74, 6) is -4.47. The van der Waals surface area contributed by atoms with E-state index >= 15 is 0 Å². The number of alkyl halides is 2. The van der Waals surface area contributed by atoms with Gasteiger partial charge in [0, 0.05) is 17.9 Å². The lowest BCUT2D eigenvalue weighted by Gasteiger charge is -2.36. The molecule has 59 heavy (non-hydrogen) atoms. The van der Waals surface area contributed by atoms with Gasteiger partial charge in [-0.1, -0.05) is 47.5 Å². The average Bonchev–Trinajstić information content (AvgIpc) is 4.12. The second-order valence-electron chi connectivity index (χ2n) is 18.5. The first-order chi connectivity index (χ1) is 27.7. The lowest BCUT2D eigenvalue weighted by molar-refractivity contribution is -0.143. The van der Waals surface area contributed by atoms with Crippen LogP contribution in [0.1, 0.15) is 105 Å². The van der Waals surface area contributed by atoms with Gasteiger partial charge in [0.1, 0.15) is 40.8 Å². The Balaban J connectivity index is 1.26. The standard InChI is InChI=1S/C41H56F2N6O9S/c1-8-40-19-23(40)12-10-9-11-13-27-34(45-28-18-24(56-7)14-15-26(28)44-27)57-29-21-49(35(51)31(38(3,4)5)46-37(53)58-40)30(22(29)2)33(50)47-41(20-25(41)32(42)43)36(52)48-59(54,55)39(6)16-17-39/h14-15,18,22-23,25,29-32H,8-13,16-17,19-21H2,1-7H3,(H,46,53)(H,47,50)(H,48,52)/t22-,23-,25+,29+,30+,31-,40-,41-/m1/s1. The minimum absolute atomic E-state index is 0.162. The van der Waals surface area contributed by atoms with Crippen molar-refractivity contribution in [1.82, 2.24) is 30.2 Å². The van der Waals surface area contributed by atoms with E-state index in [1.165, 1.54) is 18.9 Å². The number of alkyl carbamates (subject to hydrolysis) is 1. The van der Waals surface area contributed by atoms with Crippen LogP contribution in [-0.4, -0.2) is 101 Å². The molecule has 4 fully saturated rings. The summed E-state index contributed by atoms with van der Waals surface area (Å²) >= 11 is 0. The number of fused-ring (bicyclic) bond motifs is 5. The number of aromatic nitrogens is 2. The predicted octanol–water partition coefficient (Wildman–Crippen LogP) is 4.80. The molecule has 1 aromatic carbocycles. The molecule has 324 valence electrons. The van der Waals surface area contributed by atoms with E-state index in [0.29, 0.717) is 54.6 Å². The number of benzene rings is 1. The largest absolute Gasteiger partial charge is 0.497 e. The quantitative estimate of drug-likeness (QED) is 0.331. The van der Waals surface area contributed by atoms with Crippen LogP contribution < -0.4 is 24.8 Å². The van der Waals surface area contributed by atoms with Crippen molar-refractivity contribution in [2.45, 2.75) is 146 Å². The van der Waals surface area contributed by atoms with Gasteiger partial charge >= 0.3 is 6.09 Å². The van der Waals surface area contributed by atoms with Crippen LogP contribution in [-0.2, 0) is 35.6 Å². The van der Waals surface area contributed by atoms with Crippen LogP contribution in [0.2, 0.25) is 0 Å². The zero-order valence-corrected chi connectivity index (χ0v) is 35.5.